The number of hydrogen-bond acceptors (Lipinski definition) is 3. The zero-order valence-corrected chi connectivity index (χ0v) is 20.4. The van der Waals surface area contributed by atoms with Crippen LogP contribution in [-0.2, 0) is 14.0 Å². The van der Waals surface area contributed by atoms with E-state index in [4.69, 9.17) is 9.16 Å². The summed E-state index contributed by atoms with van der Waals surface area (Å²) in [7, 11) is 0.579. The summed E-state index contributed by atoms with van der Waals surface area (Å²) >= 11 is 0. The van der Waals surface area contributed by atoms with Gasteiger partial charge >= 0.3 is 5.97 Å². The largest absolute Gasteiger partial charge is 0.467 e. The van der Waals surface area contributed by atoms with E-state index in [0.29, 0.717) is 5.41 Å². The molecule has 0 saturated heterocycles. The van der Waals surface area contributed by atoms with Crippen molar-refractivity contribution in [1.82, 2.24) is 0 Å². The molecule has 0 aliphatic carbocycles. The number of rotatable bonds is 16. The topological polar surface area (TPSA) is 35.5 Å². The van der Waals surface area contributed by atoms with Crippen molar-refractivity contribution in [2.24, 2.45) is 11.3 Å². The lowest BCUT2D eigenvalue weighted by atomic mass is 9.75. The van der Waals surface area contributed by atoms with Gasteiger partial charge in [-0.2, -0.15) is 0 Å². The number of carbonyl (C=O) groups is 1. The van der Waals surface area contributed by atoms with Gasteiger partial charge in [0, 0.05) is 0 Å². The molecule has 0 N–H and O–H groups in total. The molecule has 0 fully saturated rings. The molecular weight excluding hydrogens is 352 g/mol. The van der Waals surface area contributed by atoms with Gasteiger partial charge in [0.25, 0.3) is 0 Å². The first-order valence-electron chi connectivity index (χ1n) is 11.3. The van der Waals surface area contributed by atoms with Crippen LogP contribution in [0.25, 0.3) is 0 Å². The third-order valence-electron chi connectivity index (χ3n) is 5.49. The number of ether oxygens (including phenoxy) is 1. The van der Waals surface area contributed by atoms with Crippen LogP contribution in [0.5, 0.6) is 0 Å². The monoisotopic (exact) mass is 399 g/mol. The lowest BCUT2D eigenvalue weighted by Gasteiger charge is -2.31. The molecule has 0 rings (SSSR count). The average Bonchev–Trinajstić information content (AvgIpc) is 2.59. The van der Waals surface area contributed by atoms with Crippen molar-refractivity contribution < 1.29 is 14.0 Å². The number of carbonyl (C=O) groups excluding carboxylic acids is 1. The first-order chi connectivity index (χ1) is 12.7. The van der Waals surface area contributed by atoms with Gasteiger partial charge in [-0.1, -0.05) is 85.5 Å². The third kappa shape index (κ3) is 14.3. The van der Waals surface area contributed by atoms with E-state index in [1.807, 2.05) is 0 Å². The fourth-order valence-corrected chi connectivity index (χ4v) is 4.49. The molecule has 1 radical (unpaired) electrons. The minimum atomic E-state index is -0.869. The lowest BCUT2D eigenvalue weighted by molar-refractivity contribution is -0.149. The van der Waals surface area contributed by atoms with Crippen molar-refractivity contribution in [3.05, 3.63) is 0 Å². The molecule has 0 aromatic carbocycles. The molecule has 0 heterocycles. The Morgan fingerprint density at radius 1 is 0.852 bits per heavy atom. The SMILES string of the molecule is CCCCC(CCCCCCCCCC(O[Si](C)C)C(=O)OC)C(C)(C)C. The van der Waals surface area contributed by atoms with Crippen molar-refractivity contribution in [2.75, 3.05) is 7.11 Å². The van der Waals surface area contributed by atoms with Gasteiger partial charge in [-0.15, -0.1) is 0 Å². The van der Waals surface area contributed by atoms with Gasteiger partial charge in [0.1, 0.15) is 6.10 Å². The highest BCUT2D eigenvalue weighted by atomic mass is 28.3. The number of methoxy groups -OCH3 is 1. The molecule has 0 aromatic rings. The van der Waals surface area contributed by atoms with E-state index >= 15 is 0 Å². The third-order valence-corrected chi connectivity index (χ3v) is 6.25. The van der Waals surface area contributed by atoms with Gasteiger partial charge in [0.05, 0.1) is 7.11 Å². The van der Waals surface area contributed by atoms with Crippen molar-refractivity contribution in [3.8, 4) is 0 Å². The van der Waals surface area contributed by atoms with Gasteiger partial charge in [-0.3, -0.25) is 0 Å². The van der Waals surface area contributed by atoms with Crippen LogP contribution in [0.3, 0.4) is 0 Å². The smallest absolute Gasteiger partial charge is 0.333 e. The molecule has 0 aliphatic rings. The summed E-state index contributed by atoms with van der Waals surface area (Å²) in [6, 6.07) is 0. The first-order valence-corrected chi connectivity index (χ1v) is 13.7. The molecule has 0 bridgehead atoms. The summed E-state index contributed by atoms with van der Waals surface area (Å²) in [5.74, 6) is 0.661. The second-order valence-corrected chi connectivity index (χ2v) is 11.3. The maximum Gasteiger partial charge on any atom is 0.333 e. The second kappa shape index (κ2) is 15.6. The Labute approximate surface area is 171 Å². The Morgan fingerprint density at radius 2 is 1.33 bits per heavy atom. The Balaban J connectivity index is 3.80. The van der Waals surface area contributed by atoms with Gasteiger partial charge < -0.3 is 9.16 Å². The molecule has 0 amide bonds. The van der Waals surface area contributed by atoms with E-state index in [0.717, 1.165) is 18.8 Å². The molecular formula is C23H47O3Si. The molecule has 27 heavy (non-hydrogen) atoms. The molecule has 0 saturated carbocycles. The van der Waals surface area contributed by atoms with Crippen LogP contribution in [0.1, 0.15) is 105 Å². The Morgan fingerprint density at radius 3 is 1.78 bits per heavy atom. The molecule has 2 unspecified atom stereocenters. The van der Waals surface area contributed by atoms with Crippen LogP contribution in [0, 0.1) is 11.3 Å². The summed E-state index contributed by atoms with van der Waals surface area (Å²) in [5, 5.41) is 0. The molecule has 0 aliphatic heterocycles. The van der Waals surface area contributed by atoms with Crippen LogP contribution in [0.15, 0.2) is 0 Å². The summed E-state index contributed by atoms with van der Waals surface area (Å²) < 4.78 is 10.6. The molecule has 2 atom stereocenters. The number of esters is 1. The summed E-state index contributed by atoms with van der Waals surface area (Å²) in [4.78, 5) is 11.7. The van der Waals surface area contributed by atoms with Crippen LogP contribution in [0.4, 0.5) is 0 Å². The van der Waals surface area contributed by atoms with Crippen LogP contribution >= 0.6 is 0 Å². The zero-order valence-electron chi connectivity index (χ0n) is 19.4. The lowest BCUT2D eigenvalue weighted by Crippen LogP contribution is -2.30. The van der Waals surface area contributed by atoms with Gasteiger partial charge in [-0.05, 0) is 43.7 Å². The number of unbranched alkanes of at least 4 members (excludes halogenated alkanes) is 7. The highest BCUT2D eigenvalue weighted by Crippen LogP contribution is 2.34. The van der Waals surface area contributed by atoms with Gasteiger partial charge in [0.2, 0.25) is 9.04 Å². The van der Waals surface area contributed by atoms with Gasteiger partial charge in [-0.25, -0.2) is 4.79 Å². The van der Waals surface area contributed by atoms with E-state index in [1.165, 1.54) is 71.3 Å². The fourth-order valence-electron chi connectivity index (χ4n) is 3.71. The minimum Gasteiger partial charge on any atom is -0.467 e. The molecule has 0 aromatic heterocycles. The van der Waals surface area contributed by atoms with E-state index < -0.39 is 9.04 Å². The van der Waals surface area contributed by atoms with E-state index in [-0.39, 0.29) is 12.1 Å². The summed E-state index contributed by atoms with van der Waals surface area (Å²) in [5.41, 5.74) is 0.450. The summed E-state index contributed by atoms with van der Waals surface area (Å²) in [6.45, 7) is 13.6. The van der Waals surface area contributed by atoms with E-state index in [9.17, 15) is 4.79 Å². The highest BCUT2D eigenvalue weighted by molar-refractivity contribution is 6.48. The first kappa shape index (κ1) is 26.6. The Bertz CT molecular complexity index is 363. The summed E-state index contributed by atoms with van der Waals surface area (Å²) in [6.07, 6.45) is 14.8. The van der Waals surface area contributed by atoms with E-state index in [2.05, 4.69) is 40.8 Å². The average molecular weight is 400 g/mol. The predicted octanol–water partition coefficient (Wildman–Crippen LogP) is 7.16. The standard InChI is InChI=1S/C23H47O3Si/c1-8-9-17-20(23(2,3)4)18-15-13-11-10-12-14-16-19-21(22(24)25-5)26-27(6)7/h20-21H,8-19H2,1-7H3. The number of hydrogen-bond donors (Lipinski definition) is 0. The Hall–Kier alpha value is -0.353. The quantitative estimate of drug-likeness (QED) is 0.157. The second-order valence-electron chi connectivity index (χ2n) is 9.30. The van der Waals surface area contributed by atoms with E-state index in [1.54, 1.807) is 0 Å². The molecule has 3 nitrogen and oxygen atoms in total. The van der Waals surface area contributed by atoms with Crippen molar-refractivity contribution >= 4 is 15.0 Å². The minimum absolute atomic E-state index is 0.210. The molecule has 161 valence electrons. The fraction of sp³-hybridized carbons (Fsp3) is 0.957. The van der Waals surface area contributed by atoms with Crippen LogP contribution < -0.4 is 0 Å². The molecule has 4 heteroatoms. The highest BCUT2D eigenvalue weighted by Gasteiger charge is 2.23. The maximum atomic E-state index is 11.7. The zero-order chi connectivity index (χ0) is 20.7. The van der Waals surface area contributed by atoms with Crippen LogP contribution in [-0.4, -0.2) is 28.2 Å². The normalized spacial score (nSPS) is 14.4. The van der Waals surface area contributed by atoms with Crippen molar-refractivity contribution in [1.29, 1.82) is 0 Å². The predicted molar refractivity (Wildman–Crippen MR) is 118 cm³/mol. The Kier molecular flexibility index (Phi) is 15.4. The van der Waals surface area contributed by atoms with Crippen LogP contribution in [0.2, 0.25) is 13.1 Å². The van der Waals surface area contributed by atoms with Crippen molar-refractivity contribution in [3.63, 3.8) is 0 Å². The van der Waals surface area contributed by atoms with Gasteiger partial charge in [0.15, 0.2) is 0 Å². The van der Waals surface area contributed by atoms with Crippen molar-refractivity contribution in [2.45, 2.75) is 124 Å². The maximum absolute atomic E-state index is 11.7. The molecule has 0 spiro atoms.